The summed E-state index contributed by atoms with van der Waals surface area (Å²) in [6.07, 6.45) is 4.74. The van der Waals surface area contributed by atoms with Crippen molar-refractivity contribution in [1.82, 2.24) is 9.62 Å². The molecule has 1 aliphatic heterocycles. The highest BCUT2D eigenvalue weighted by atomic mass is 35.5. The van der Waals surface area contributed by atoms with E-state index in [0.717, 1.165) is 18.4 Å². The summed E-state index contributed by atoms with van der Waals surface area (Å²) in [5, 5.41) is 3.89. The van der Waals surface area contributed by atoms with Crippen LogP contribution in [0.15, 0.2) is 36.4 Å². The quantitative estimate of drug-likeness (QED) is 0.620. The van der Waals surface area contributed by atoms with E-state index in [-0.39, 0.29) is 30.2 Å². The van der Waals surface area contributed by atoms with Gasteiger partial charge in [-0.3, -0.25) is 4.79 Å². The van der Waals surface area contributed by atoms with Gasteiger partial charge in [-0.15, -0.1) is 0 Å². The van der Waals surface area contributed by atoms with Crippen molar-refractivity contribution in [1.29, 1.82) is 0 Å². The monoisotopic (exact) mass is 494 g/mol. The molecule has 0 radical (unpaired) electrons. The highest BCUT2D eigenvalue weighted by Crippen LogP contribution is 2.28. The largest absolute Gasteiger partial charge is 0.349 e. The Kier molecular flexibility index (Phi) is 7.15. The van der Waals surface area contributed by atoms with E-state index in [4.69, 9.17) is 23.2 Å². The van der Waals surface area contributed by atoms with E-state index in [2.05, 4.69) is 23.5 Å². The number of rotatable bonds is 6. The predicted molar refractivity (Wildman–Crippen MR) is 128 cm³/mol. The number of nitrogens with one attached hydrogen (secondary N) is 1. The molecule has 0 spiro atoms. The molecule has 0 unspecified atom stereocenters. The number of fused-ring (bicyclic) bond motifs is 1. The molecule has 1 aliphatic carbocycles. The topological polar surface area (TPSA) is 66.5 Å². The minimum Gasteiger partial charge on any atom is -0.349 e. The SMILES string of the molecule is C[C@@H](NC(=O)[C@H]1CCCN(S(=O)(=O)Cc2ccc(Cl)cc2Cl)C1)c1ccc2c(c1)CCC2. The van der Waals surface area contributed by atoms with Crippen molar-refractivity contribution in [3.8, 4) is 0 Å². The highest BCUT2D eigenvalue weighted by molar-refractivity contribution is 7.88. The van der Waals surface area contributed by atoms with Gasteiger partial charge in [0.25, 0.3) is 0 Å². The Bertz CT molecular complexity index is 1120. The Morgan fingerprint density at radius 1 is 1.12 bits per heavy atom. The van der Waals surface area contributed by atoms with Gasteiger partial charge < -0.3 is 5.32 Å². The maximum atomic E-state index is 13.0. The third-order valence-electron chi connectivity index (χ3n) is 6.48. The fourth-order valence-electron chi connectivity index (χ4n) is 4.61. The minimum atomic E-state index is -3.60. The van der Waals surface area contributed by atoms with Gasteiger partial charge in [0.1, 0.15) is 0 Å². The molecule has 2 aromatic rings. The second kappa shape index (κ2) is 9.72. The van der Waals surface area contributed by atoms with Gasteiger partial charge in [0, 0.05) is 23.1 Å². The van der Waals surface area contributed by atoms with Gasteiger partial charge in [0.15, 0.2) is 0 Å². The van der Waals surface area contributed by atoms with Crippen molar-refractivity contribution in [3.05, 3.63) is 68.7 Å². The van der Waals surface area contributed by atoms with Crippen LogP contribution in [0.4, 0.5) is 0 Å². The van der Waals surface area contributed by atoms with Gasteiger partial charge in [0.05, 0.1) is 17.7 Å². The Morgan fingerprint density at radius 2 is 1.91 bits per heavy atom. The van der Waals surface area contributed by atoms with Gasteiger partial charge in [-0.2, -0.15) is 0 Å². The second-order valence-corrected chi connectivity index (χ2v) is 11.6. The first kappa shape index (κ1) is 23.6. The number of carbonyl (C=O) groups is 1. The lowest BCUT2D eigenvalue weighted by Crippen LogP contribution is -2.46. The van der Waals surface area contributed by atoms with Crippen LogP contribution < -0.4 is 5.32 Å². The molecule has 5 nitrogen and oxygen atoms in total. The molecule has 1 amide bonds. The molecule has 0 aromatic heterocycles. The summed E-state index contributed by atoms with van der Waals surface area (Å²) in [5.74, 6) is -0.665. The van der Waals surface area contributed by atoms with Crippen LogP contribution in [0, 0.1) is 5.92 Å². The lowest BCUT2D eigenvalue weighted by atomic mass is 9.97. The normalized spacial score (nSPS) is 20.0. The van der Waals surface area contributed by atoms with Crippen molar-refractivity contribution >= 4 is 39.1 Å². The summed E-state index contributed by atoms with van der Waals surface area (Å²) in [6, 6.07) is 11.1. The molecule has 1 N–H and O–H groups in total. The average molecular weight is 495 g/mol. The van der Waals surface area contributed by atoms with Crippen molar-refractivity contribution in [2.24, 2.45) is 5.92 Å². The number of hydrogen-bond donors (Lipinski definition) is 1. The molecule has 1 fully saturated rings. The first-order valence-corrected chi connectivity index (χ1v) is 13.4. The maximum absolute atomic E-state index is 13.0. The molecule has 1 saturated heterocycles. The van der Waals surface area contributed by atoms with Crippen molar-refractivity contribution < 1.29 is 13.2 Å². The van der Waals surface area contributed by atoms with Crippen LogP contribution in [0.3, 0.4) is 0 Å². The Labute approximate surface area is 200 Å². The van der Waals surface area contributed by atoms with Gasteiger partial charge in [-0.25, -0.2) is 12.7 Å². The zero-order valence-corrected chi connectivity index (χ0v) is 20.4. The summed E-state index contributed by atoms with van der Waals surface area (Å²) in [4.78, 5) is 13.0. The van der Waals surface area contributed by atoms with Crippen LogP contribution >= 0.6 is 23.2 Å². The summed E-state index contributed by atoms with van der Waals surface area (Å²) >= 11 is 12.1. The minimum absolute atomic E-state index is 0.0950. The molecule has 2 aliphatic rings. The summed E-state index contributed by atoms with van der Waals surface area (Å²) < 4.78 is 27.5. The molecule has 1 heterocycles. The van der Waals surface area contributed by atoms with Crippen molar-refractivity contribution in [3.63, 3.8) is 0 Å². The standard InChI is InChI=1S/C24H28Cl2N2O3S/c1-16(18-8-7-17-4-2-5-19(17)12-18)27-24(29)20-6-3-11-28(14-20)32(30,31)15-21-9-10-22(25)13-23(21)26/h7-10,12-13,16,20H,2-6,11,14-15H2,1H3,(H,27,29)/t16-,20+/m1/s1. The molecule has 0 bridgehead atoms. The van der Waals surface area contributed by atoms with Crippen LogP contribution in [0.1, 0.15) is 54.5 Å². The zero-order valence-electron chi connectivity index (χ0n) is 18.1. The van der Waals surface area contributed by atoms with Crippen molar-refractivity contribution in [2.45, 2.75) is 50.8 Å². The van der Waals surface area contributed by atoms with E-state index in [0.29, 0.717) is 35.0 Å². The number of sulfonamides is 1. The van der Waals surface area contributed by atoms with E-state index >= 15 is 0 Å². The third-order valence-corrected chi connectivity index (χ3v) is 8.86. The Morgan fingerprint density at radius 3 is 2.69 bits per heavy atom. The third kappa shape index (κ3) is 5.30. The summed E-state index contributed by atoms with van der Waals surface area (Å²) in [5.41, 5.74) is 4.38. The van der Waals surface area contributed by atoms with Crippen LogP contribution in [0.2, 0.25) is 10.0 Å². The fourth-order valence-corrected chi connectivity index (χ4v) is 6.81. The average Bonchev–Trinajstić information content (AvgIpc) is 3.23. The van der Waals surface area contributed by atoms with Gasteiger partial charge in [0.2, 0.25) is 15.9 Å². The number of nitrogens with zero attached hydrogens (tertiary/aromatic N) is 1. The smallest absolute Gasteiger partial charge is 0.224 e. The predicted octanol–water partition coefficient (Wildman–Crippen LogP) is 4.90. The molecule has 2 aromatic carbocycles. The number of piperidine rings is 1. The lowest BCUT2D eigenvalue weighted by molar-refractivity contribution is -0.126. The number of aryl methyl sites for hydroxylation is 2. The molecule has 0 saturated carbocycles. The number of carbonyl (C=O) groups excluding carboxylic acids is 1. The number of amides is 1. The molecule has 32 heavy (non-hydrogen) atoms. The molecular weight excluding hydrogens is 467 g/mol. The Balaban J connectivity index is 1.39. The molecule has 2 atom stereocenters. The zero-order chi connectivity index (χ0) is 22.9. The summed E-state index contributed by atoms with van der Waals surface area (Å²) in [6.45, 7) is 2.59. The summed E-state index contributed by atoms with van der Waals surface area (Å²) in [7, 11) is -3.60. The van der Waals surface area contributed by atoms with Crippen LogP contribution in [-0.4, -0.2) is 31.7 Å². The first-order chi connectivity index (χ1) is 15.2. The van der Waals surface area contributed by atoms with Gasteiger partial charge in [-0.1, -0.05) is 47.5 Å². The Hall–Kier alpha value is -1.60. The van der Waals surface area contributed by atoms with Gasteiger partial charge >= 0.3 is 0 Å². The van der Waals surface area contributed by atoms with Crippen LogP contribution in [0.5, 0.6) is 0 Å². The maximum Gasteiger partial charge on any atom is 0.224 e. The van der Waals surface area contributed by atoms with E-state index < -0.39 is 10.0 Å². The highest BCUT2D eigenvalue weighted by Gasteiger charge is 2.33. The molecule has 4 rings (SSSR count). The van der Waals surface area contributed by atoms with E-state index in [1.54, 1.807) is 18.2 Å². The van der Waals surface area contributed by atoms with E-state index in [1.807, 2.05) is 6.92 Å². The molecular formula is C24H28Cl2N2O3S. The second-order valence-electron chi connectivity index (χ2n) is 8.80. The van der Waals surface area contributed by atoms with Crippen molar-refractivity contribution in [2.75, 3.05) is 13.1 Å². The first-order valence-electron chi connectivity index (χ1n) is 11.1. The number of hydrogen-bond acceptors (Lipinski definition) is 3. The lowest BCUT2D eigenvalue weighted by Gasteiger charge is -2.32. The van der Waals surface area contributed by atoms with Crippen LogP contribution in [-0.2, 0) is 33.4 Å². The number of halogens is 2. The van der Waals surface area contributed by atoms with Crippen LogP contribution in [0.25, 0.3) is 0 Å². The molecule has 172 valence electrons. The van der Waals surface area contributed by atoms with E-state index in [9.17, 15) is 13.2 Å². The van der Waals surface area contributed by atoms with E-state index in [1.165, 1.54) is 21.9 Å². The molecule has 8 heteroatoms. The number of benzene rings is 2. The van der Waals surface area contributed by atoms with Gasteiger partial charge in [-0.05, 0) is 73.4 Å². The fraction of sp³-hybridized carbons (Fsp3) is 0.458.